The van der Waals surface area contributed by atoms with E-state index >= 15 is 0 Å². The van der Waals surface area contributed by atoms with E-state index in [1.54, 1.807) is 13.8 Å². The van der Waals surface area contributed by atoms with E-state index in [2.05, 4.69) is 15.9 Å². The van der Waals surface area contributed by atoms with Crippen LogP contribution in [0, 0.1) is 5.41 Å². The smallest absolute Gasteiger partial charge is 0.244 e. The summed E-state index contributed by atoms with van der Waals surface area (Å²) >= 11 is 3.31. The van der Waals surface area contributed by atoms with Gasteiger partial charge < -0.3 is 0 Å². The molecule has 17 heavy (non-hydrogen) atoms. The summed E-state index contributed by atoms with van der Waals surface area (Å²) in [6.45, 7) is 3.93. The number of carbonyl (C=O) groups excluding carboxylic acids is 2. The Morgan fingerprint density at radius 2 is 1.82 bits per heavy atom. The Morgan fingerprint density at radius 1 is 1.24 bits per heavy atom. The number of rotatable bonds is 2. The highest BCUT2D eigenvalue weighted by Crippen LogP contribution is 2.37. The number of hydrogen-bond acceptors (Lipinski definition) is 2. The van der Waals surface area contributed by atoms with E-state index in [0.717, 1.165) is 5.56 Å². The molecule has 4 heteroatoms. The van der Waals surface area contributed by atoms with E-state index in [4.69, 9.17) is 0 Å². The predicted octanol–water partition coefficient (Wildman–Crippen LogP) is 2.35. The summed E-state index contributed by atoms with van der Waals surface area (Å²) < 4.78 is 0. The molecule has 1 aromatic carbocycles. The maximum absolute atomic E-state index is 12.1. The number of amides is 2. The molecule has 90 valence electrons. The summed E-state index contributed by atoms with van der Waals surface area (Å²) in [6, 6.07) is 9.53. The average Bonchev–Trinajstić information content (AvgIpc) is 2.46. The highest BCUT2D eigenvalue weighted by molar-refractivity contribution is 9.10. The summed E-state index contributed by atoms with van der Waals surface area (Å²) in [7, 11) is 0. The summed E-state index contributed by atoms with van der Waals surface area (Å²) in [6.07, 6.45) is 0. The fraction of sp³-hybridized carbons (Fsp3) is 0.385. The van der Waals surface area contributed by atoms with Crippen molar-refractivity contribution in [2.45, 2.75) is 25.2 Å². The number of hydrogen-bond donors (Lipinski definition) is 0. The quantitative estimate of drug-likeness (QED) is 0.620. The predicted molar refractivity (Wildman–Crippen MR) is 68.5 cm³/mol. The Kier molecular flexibility index (Phi) is 3.08. The third-order valence-electron chi connectivity index (χ3n) is 3.10. The van der Waals surface area contributed by atoms with Gasteiger partial charge in [0.15, 0.2) is 0 Å². The first kappa shape index (κ1) is 12.3. The molecule has 1 saturated heterocycles. The van der Waals surface area contributed by atoms with Gasteiger partial charge in [0.25, 0.3) is 0 Å². The Bertz CT molecular complexity index is 456. The number of halogens is 1. The van der Waals surface area contributed by atoms with Crippen molar-refractivity contribution in [2.75, 3.05) is 0 Å². The van der Waals surface area contributed by atoms with Gasteiger partial charge in [-0.15, -0.1) is 0 Å². The molecule has 1 fully saturated rings. The Hall–Kier alpha value is -1.16. The lowest BCUT2D eigenvalue weighted by molar-refractivity contribution is -0.141. The number of alkyl halides is 1. The number of likely N-dealkylation sites (tertiary alicyclic amines) is 1. The Morgan fingerprint density at radius 3 is 2.29 bits per heavy atom. The monoisotopic (exact) mass is 295 g/mol. The second kappa shape index (κ2) is 4.26. The highest BCUT2D eigenvalue weighted by atomic mass is 79.9. The van der Waals surface area contributed by atoms with E-state index in [9.17, 15) is 9.59 Å². The van der Waals surface area contributed by atoms with Crippen LogP contribution in [0.4, 0.5) is 0 Å². The second-order valence-corrected chi connectivity index (χ2v) is 5.72. The van der Waals surface area contributed by atoms with Gasteiger partial charge in [-0.3, -0.25) is 14.5 Å². The molecule has 0 N–H and O–H groups in total. The maximum atomic E-state index is 12.1. The highest BCUT2D eigenvalue weighted by Gasteiger charge is 2.52. The van der Waals surface area contributed by atoms with Crippen LogP contribution in [0.3, 0.4) is 0 Å². The van der Waals surface area contributed by atoms with E-state index in [0.29, 0.717) is 6.54 Å². The van der Waals surface area contributed by atoms with E-state index < -0.39 is 10.2 Å². The number of nitrogens with zero attached hydrogens (tertiary/aromatic N) is 1. The van der Waals surface area contributed by atoms with Crippen molar-refractivity contribution in [1.29, 1.82) is 0 Å². The van der Waals surface area contributed by atoms with Gasteiger partial charge in [0.2, 0.25) is 11.8 Å². The van der Waals surface area contributed by atoms with Crippen molar-refractivity contribution in [3.8, 4) is 0 Å². The van der Waals surface area contributed by atoms with E-state index in [-0.39, 0.29) is 11.8 Å². The van der Waals surface area contributed by atoms with Crippen molar-refractivity contribution in [2.24, 2.45) is 5.41 Å². The summed E-state index contributed by atoms with van der Waals surface area (Å²) in [5.74, 6) is -0.267. The van der Waals surface area contributed by atoms with E-state index in [1.807, 2.05) is 30.3 Å². The topological polar surface area (TPSA) is 37.4 Å². The summed E-state index contributed by atoms with van der Waals surface area (Å²) in [5.41, 5.74) is 0.304. The molecule has 1 unspecified atom stereocenters. The molecule has 0 aliphatic carbocycles. The number of imide groups is 1. The minimum Gasteiger partial charge on any atom is -0.277 e. The first-order valence-electron chi connectivity index (χ1n) is 5.48. The molecule has 1 atom stereocenters. The number of benzene rings is 1. The lowest BCUT2D eigenvalue weighted by atomic mass is 9.92. The minimum atomic E-state index is -0.661. The van der Waals surface area contributed by atoms with Crippen LogP contribution >= 0.6 is 15.9 Å². The van der Waals surface area contributed by atoms with Gasteiger partial charge in [0.1, 0.15) is 4.83 Å². The molecule has 0 radical (unpaired) electrons. The fourth-order valence-electron chi connectivity index (χ4n) is 1.92. The van der Waals surface area contributed by atoms with Crippen LogP contribution < -0.4 is 0 Å². The van der Waals surface area contributed by atoms with Gasteiger partial charge in [-0.2, -0.15) is 0 Å². The van der Waals surface area contributed by atoms with Crippen molar-refractivity contribution in [3.05, 3.63) is 35.9 Å². The van der Waals surface area contributed by atoms with Crippen molar-refractivity contribution >= 4 is 27.7 Å². The lowest BCUT2D eigenvalue weighted by Gasteiger charge is -2.18. The van der Waals surface area contributed by atoms with Crippen molar-refractivity contribution in [3.63, 3.8) is 0 Å². The third kappa shape index (κ3) is 2.02. The average molecular weight is 296 g/mol. The molecule has 0 saturated carbocycles. The molecule has 0 spiro atoms. The first-order valence-corrected chi connectivity index (χ1v) is 6.40. The third-order valence-corrected chi connectivity index (χ3v) is 4.63. The molecule has 1 heterocycles. The van der Waals surface area contributed by atoms with E-state index in [1.165, 1.54) is 4.90 Å². The van der Waals surface area contributed by atoms with Gasteiger partial charge in [-0.1, -0.05) is 46.3 Å². The molecular weight excluding hydrogens is 282 g/mol. The maximum Gasteiger partial charge on any atom is 0.244 e. The molecule has 1 aliphatic rings. The van der Waals surface area contributed by atoms with Crippen LogP contribution in [0.15, 0.2) is 30.3 Å². The van der Waals surface area contributed by atoms with Gasteiger partial charge in [0.05, 0.1) is 12.0 Å². The zero-order valence-corrected chi connectivity index (χ0v) is 11.4. The van der Waals surface area contributed by atoms with Gasteiger partial charge in [-0.25, -0.2) is 0 Å². The van der Waals surface area contributed by atoms with Gasteiger partial charge >= 0.3 is 0 Å². The standard InChI is InChI=1S/C13H14BrNO2/c1-13(2)10(14)11(16)15(12(13)17)8-9-6-4-3-5-7-9/h3-7,10H,8H2,1-2H3. The first-order chi connectivity index (χ1) is 7.94. The molecule has 1 aliphatic heterocycles. The molecule has 1 aromatic rings. The fourth-order valence-corrected chi connectivity index (χ4v) is 2.36. The van der Waals surface area contributed by atoms with Crippen molar-refractivity contribution < 1.29 is 9.59 Å². The zero-order chi connectivity index (χ0) is 12.6. The Labute approximate surface area is 109 Å². The van der Waals surface area contributed by atoms with Crippen LogP contribution in [-0.2, 0) is 16.1 Å². The summed E-state index contributed by atoms with van der Waals surface area (Å²) in [5, 5.41) is 0. The molecular formula is C13H14BrNO2. The van der Waals surface area contributed by atoms with Crippen LogP contribution in [-0.4, -0.2) is 21.5 Å². The molecule has 2 amide bonds. The van der Waals surface area contributed by atoms with Crippen LogP contribution in [0.25, 0.3) is 0 Å². The molecule has 0 bridgehead atoms. The lowest BCUT2D eigenvalue weighted by Crippen LogP contribution is -2.32. The molecule has 2 rings (SSSR count). The Balaban J connectivity index is 2.24. The minimum absolute atomic E-state index is 0.117. The van der Waals surface area contributed by atoms with Gasteiger partial charge in [0, 0.05) is 0 Å². The molecule has 3 nitrogen and oxygen atoms in total. The normalized spacial score (nSPS) is 23.2. The zero-order valence-electron chi connectivity index (χ0n) is 9.81. The second-order valence-electron chi connectivity index (χ2n) is 4.80. The summed E-state index contributed by atoms with van der Waals surface area (Å²) in [4.78, 5) is 25.0. The largest absolute Gasteiger partial charge is 0.277 e. The van der Waals surface area contributed by atoms with Crippen LogP contribution in [0.2, 0.25) is 0 Å². The SMILES string of the molecule is CC1(C)C(=O)N(Cc2ccccc2)C(=O)C1Br. The molecule has 0 aromatic heterocycles. The van der Waals surface area contributed by atoms with Gasteiger partial charge in [-0.05, 0) is 19.4 Å². The van der Waals surface area contributed by atoms with Crippen molar-refractivity contribution in [1.82, 2.24) is 4.90 Å². The number of carbonyl (C=O) groups is 2. The van der Waals surface area contributed by atoms with Crippen LogP contribution in [0.1, 0.15) is 19.4 Å². The van der Waals surface area contributed by atoms with Crippen LogP contribution in [0.5, 0.6) is 0 Å².